The van der Waals surface area contributed by atoms with Crippen LogP contribution in [-0.2, 0) is 10.0 Å². The van der Waals surface area contributed by atoms with Crippen molar-refractivity contribution >= 4 is 15.7 Å². The van der Waals surface area contributed by atoms with Crippen molar-refractivity contribution in [2.75, 3.05) is 18.4 Å². The van der Waals surface area contributed by atoms with E-state index in [1.165, 1.54) is 25.5 Å². The number of nitrogens with one attached hydrogen (secondary N) is 2. The maximum Gasteiger partial charge on any atom is 0.244 e. The van der Waals surface area contributed by atoms with Crippen LogP contribution < -0.4 is 10.0 Å². The monoisotopic (exact) mass is 283 g/mol. The first-order valence-corrected chi connectivity index (χ1v) is 8.29. The Hall–Kier alpha value is -1.14. The highest BCUT2D eigenvalue weighted by Gasteiger charge is 2.21. The van der Waals surface area contributed by atoms with Crippen molar-refractivity contribution in [3.63, 3.8) is 0 Å². The molecule has 0 radical (unpaired) electrons. The molecular formula is C13H21N3O2S. The lowest BCUT2D eigenvalue weighted by Crippen LogP contribution is -2.28. The quantitative estimate of drug-likeness (QED) is 0.802. The number of sulfonamides is 1. The molecule has 1 heterocycles. The topological polar surface area (TPSA) is 71.1 Å². The van der Waals surface area contributed by atoms with Crippen molar-refractivity contribution < 1.29 is 8.42 Å². The standard InChI is InChI=1S/C13H21N3O2S/c1-2-15-12-7-8-14-10-13(12)19(17,18)16-9-6-11-4-3-5-11/h7-8,10-11,16H,2-6,9H2,1H3,(H,14,15). The summed E-state index contributed by atoms with van der Waals surface area (Å²) in [5, 5.41) is 3.04. The van der Waals surface area contributed by atoms with E-state index in [1.54, 1.807) is 12.3 Å². The summed E-state index contributed by atoms with van der Waals surface area (Å²) in [6.07, 6.45) is 7.66. The van der Waals surface area contributed by atoms with Crippen LogP contribution in [0, 0.1) is 5.92 Å². The minimum atomic E-state index is -3.47. The van der Waals surface area contributed by atoms with Crippen LogP contribution in [0.3, 0.4) is 0 Å². The van der Waals surface area contributed by atoms with Crippen LogP contribution in [0.25, 0.3) is 0 Å². The summed E-state index contributed by atoms with van der Waals surface area (Å²) in [6, 6.07) is 1.68. The molecule has 1 aliphatic rings. The van der Waals surface area contributed by atoms with E-state index in [-0.39, 0.29) is 4.90 Å². The second-order valence-electron chi connectivity index (χ2n) is 4.89. The highest BCUT2D eigenvalue weighted by atomic mass is 32.2. The van der Waals surface area contributed by atoms with Gasteiger partial charge in [0.1, 0.15) is 4.90 Å². The second kappa shape index (κ2) is 6.34. The zero-order valence-electron chi connectivity index (χ0n) is 11.2. The second-order valence-corrected chi connectivity index (χ2v) is 6.62. The van der Waals surface area contributed by atoms with Gasteiger partial charge in [-0.25, -0.2) is 13.1 Å². The number of pyridine rings is 1. The van der Waals surface area contributed by atoms with Gasteiger partial charge < -0.3 is 5.32 Å². The normalized spacial score (nSPS) is 16.1. The molecule has 2 N–H and O–H groups in total. The molecule has 0 unspecified atom stereocenters. The van der Waals surface area contributed by atoms with Crippen molar-refractivity contribution in [3.05, 3.63) is 18.5 Å². The number of hydrogen-bond donors (Lipinski definition) is 2. The molecule has 0 spiro atoms. The highest BCUT2D eigenvalue weighted by molar-refractivity contribution is 7.89. The fourth-order valence-electron chi connectivity index (χ4n) is 2.19. The third kappa shape index (κ3) is 3.67. The summed E-state index contributed by atoms with van der Waals surface area (Å²) in [7, 11) is -3.47. The van der Waals surface area contributed by atoms with E-state index in [2.05, 4.69) is 15.0 Å². The maximum absolute atomic E-state index is 12.2. The maximum atomic E-state index is 12.2. The Kier molecular flexibility index (Phi) is 4.76. The molecule has 1 saturated carbocycles. The molecule has 0 aromatic carbocycles. The summed E-state index contributed by atoms with van der Waals surface area (Å²) in [5.41, 5.74) is 0.605. The van der Waals surface area contributed by atoms with Crippen LogP contribution in [0.5, 0.6) is 0 Å². The van der Waals surface area contributed by atoms with Gasteiger partial charge in [0.05, 0.1) is 5.69 Å². The molecule has 1 aromatic rings. The van der Waals surface area contributed by atoms with Gasteiger partial charge in [-0.2, -0.15) is 0 Å². The van der Waals surface area contributed by atoms with Gasteiger partial charge in [-0.05, 0) is 25.3 Å². The summed E-state index contributed by atoms with van der Waals surface area (Å²) in [4.78, 5) is 4.13. The predicted octanol–water partition coefficient (Wildman–Crippen LogP) is 1.98. The van der Waals surface area contributed by atoms with Crippen molar-refractivity contribution in [3.8, 4) is 0 Å². The summed E-state index contributed by atoms with van der Waals surface area (Å²) in [5.74, 6) is 0.699. The molecular weight excluding hydrogens is 262 g/mol. The first kappa shape index (κ1) is 14.3. The lowest BCUT2D eigenvalue weighted by atomic mass is 9.83. The molecule has 1 fully saturated rings. The van der Waals surface area contributed by atoms with E-state index in [0.29, 0.717) is 24.7 Å². The molecule has 5 nitrogen and oxygen atoms in total. The van der Waals surface area contributed by atoms with Crippen molar-refractivity contribution in [2.24, 2.45) is 5.92 Å². The van der Waals surface area contributed by atoms with E-state index in [1.807, 2.05) is 6.92 Å². The fraction of sp³-hybridized carbons (Fsp3) is 0.615. The van der Waals surface area contributed by atoms with Crippen LogP contribution in [0.2, 0.25) is 0 Å². The van der Waals surface area contributed by atoms with Gasteiger partial charge in [0, 0.05) is 25.5 Å². The number of nitrogens with zero attached hydrogens (tertiary/aromatic N) is 1. The van der Waals surface area contributed by atoms with E-state index < -0.39 is 10.0 Å². The Labute approximate surface area is 114 Å². The van der Waals surface area contributed by atoms with Gasteiger partial charge in [-0.1, -0.05) is 19.3 Å². The molecule has 1 aromatic heterocycles. The molecule has 0 atom stereocenters. The number of aromatic nitrogens is 1. The SMILES string of the molecule is CCNc1ccncc1S(=O)(=O)NCCC1CCC1. The first-order chi connectivity index (χ1) is 9.13. The minimum Gasteiger partial charge on any atom is -0.384 e. The summed E-state index contributed by atoms with van der Waals surface area (Å²) >= 11 is 0. The number of hydrogen-bond acceptors (Lipinski definition) is 4. The van der Waals surface area contributed by atoms with Gasteiger partial charge >= 0.3 is 0 Å². The molecule has 0 saturated heterocycles. The third-order valence-corrected chi connectivity index (χ3v) is 5.00. The van der Waals surface area contributed by atoms with Crippen molar-refractivity contribution in [1.82, 2.24) is 9.71 Å². The average molecular weight is 283 g/mol. The Morgan fingerprint density at radius 3 is 2.84 bits per heavy atom. The van der Waals surface area contributed by atoms with E-state index in [9.17, 15) is 8.42 Å². The van der Waals surface area contributed by atoms with Gasteiger partial charge in [0.2, 0.25) is 10.0 Å². The largest absolute Gasteiger partial charge is 0.384 e. The van der Waals surface area contributed by atoms with E-state index >= 15 is 0 Å². The van der Waals surface area contributed by atoms with Gasteiger partial charge in [-0.15, -0.1) is 0 Å². The Bertz CT molecular complexity index is 512. The molecule has 19 heavy (non-hydrogen) atoms. The Morgan fingerprint density at radius 2 is 2.21 bits per heavy atom. The van der Waals surface area contributed by atoms with E-state index in [4.69, 9.17) is 0 Å². The zero-order valence-corrected chi connectivity index (χ0v) is 12.0. The molecule has 106 valence electrons. The first-order valence-electron chi connectivity index (χ1n) is 6.81. The predicted molar refractivity (Wildman–Crippen MR) is 75.5 cm³/mol. The van der Waals surface area contributed by atoms with Gasteiger partial charge in [0.25, 0.3) is 0 Å². The average Bonchev–Trinajstić information content (AvgIpc) is 2.33. The van der Waals surface area contributed by atoms with Crippen molar-refractivity contribution in [1.29, 1.82) is 0 Å². The molecule has 6 heteroatoms. The van der Waals surface area contributed by atoms with Crippen LogP contribution in [-0.4, -0.2) is 26.5 Å². The lowest BCUT2D eigenvalue weighted by molar-refractivity contribution is 0.297. The molecule has 0 amide bonds. The minimum absolute atomic E-state index is 0.227. The Morgan fingerprint density at radius 1 is 1.42 bits per heavy atom. The Balaban J connectivity index is 2.01. The molecule has 0 bridgehead atoms. The molecule has 0 aliphatic heterocycles. The summed E-state index contributed by atoms with van der Waals surface area (Å²) < 4.78 is 27.1. The molecule has 1 aliphatic carbocycles. The lowest BCUT2D eigenvalue weighted by Gasteiger charge is -2.25. The van der Waals surface area contributed by atoms with Gasteiger partial charge in [0.15, 0.2) is 0 Å². The third-order valence-electron chi connectivity index (χ3n) is 3.51. The van der Waals surface area contributed by atoms with Crippen LogP contribution in [0.4, 0.5) is 5.69 Å². The van der Waals surface area contributed by atoms with Crippen LogP contribution in [0.1, 0.15) is 32.6 Å². The van der Waals surface area contributed by atoms with Crippen LogP contribution >= 0.6 is 0 Å². The summed E-state index contributed by atoms with van der Waals surface area (Å²) in [6.45, 7) is 3.11. The van der Waals surface area contributed by atoms with Gasteiger partial charge in [-0.3, -0.25) is 4.98 Å². The van der Waals surface area contributed by atoms with Crippen LogP contribution in [0.15, 0.2) is 23.4 Å². The number of rotatable bonds is 7. The zero-order chi connectivity index (χ0) is 13.7. The molecule has 2 rings (SSSR count). The van der Waals surface area contributed by atoms with E-state index in [0.717, 1.165) is 6.42 Å². The number of anilines is 1. The fourth-order valence-corrected chi connectivity index (χ4v) is 3.36. The highest BCUT2D eigenvalue weighted by Crippen LogP contribution is 2.29. The smallest absolute Gasteiger partial charge is 0.244 e. The van der Waals surface area contributed by atoms with Crippen molar-refractivity contribution in [2.45, 2.75) is 37.5 Å².